The Kier molecular flexibility index (Phi) is 2.79. The second kappa shape index (κ2) is 3.35. The molecule has 1 unspecified atom stereocenters. The molecule has 2 N–H and O–H groups in total. The zero-order valence-corrected chi connectivity index (χ0v) is 8.14. The van der Waals surface area contributed by atoms with Gasteiger partial charge in [-0.1, -0.05) is 20.3 Å². The lowest BCUT2D eigenvalue weighted by molar-refractivity contribution is -0.153. The fourth-order valence-corrected chi connectivity index (χ4v) is 2.13. The molecule has 0 saturated heterocycles. The summed E-state index contributed by atoms with van der Waals surface area (Å²) in [5, 5.41) is 19.4. The number of aliphatic hydroxyl groups is 2. The molecule has 0 spiro atoms. The van der Waals surface area contributed by atoms with Crippen molar-refractivity contribution in [2.24, 2.45) is 5.41 Å². The van der Waals surface area contributed by atoms with E-state index in [2.05, 4.69) is 6.92 Å². The van der Waals surface area contributed by atoms with Gasteiger partial charge >= 0.3 is 0 Å². The van der Waals surface area contributed by atoms with Crippen LogP contribution >= 0.6 is 0 Å². The Morgan fingerprint density at radius 3 is 2.25 bits per heavy atom. The van der Waals surface area contributed by atoms with E-state index in [1.165, 1.54) is 0 Å². The molecule has 1 saturated carbocycles. The Morgan fingerprint density at radius 1 is 1.42 bits per heavy atom. The molecule has 2 heteroatoms. The maximum absolute atomic E-state index is 10.1. The van der Waals surface area contributed by atoms with Gasteiger partial charge in [0, 0.05) is 5.41 Å². The van der Waals surface area contributed by atoms with E-state index in [9.17, 15) is 10.2 Å². The first-order valence-electron chi connectivity index (χ1n) is 4.91. The Hall–Kier alpha value is -0.0800. The van der Waals surface area contributed by atoms with E-state index in [1.54, 1.807) is 0 Å². The SMILES string of the molecule is CCCC(C)(CO)C1(O)CCC1. The molecule has 1 aliphatic rings. The van der Waals surface area contributed by atoms with E-state index in [0.29, 0.717) is 0 Å². The maximum Gasteiger partial charge on any atom is 0.0723 e. The summed E-state index contributed by atoms with van der Waals surface area (Å²) in [4.78, 5) is 0. The first-order valence-corrected chi connectivity index (χ1v) is 4.91. The van der Waals surface area contributed by atoms with Crippen LogP contribution in [0.5, 0.6) is 0 Å². The summed E-state index contributed by atoms with van der Waals surface area (Å²) in [7, 11) is 0. The van der Waals surface area contributed by atoms with Gasteiger partial charge in [-0.25, -0.2) is 0 Å². The molecule has 72 valence electrons. The van der Waals surface area contributed by atoms with Crippen LogP contribution in [0.3, 0.4) is 0 Å². The van der Waals surface area contributed by atoms with Crippen molar-refractivity contribution in [3.63, 3.8) is 0 Å². The number of hydrogen-bond donors (Lipinski definition) is 2. The molecule has 0 heterocycles. The van der Waals surface area contributed by atoms with Gasteiger partial charge in [-0.15, -0.1) is 0 Å². The molecule has 0 aromatic carbocycles. The van der Waals surface area contributed by atoms with Crippen LogP contribution in [-0.2, 0) is 0 Å². The lowest BCUT2D eigenvalue weighted by Gasteiger charge is -2.50. The summed E-state index contributed by atoms with van der Waals surface area (Å²) in [5.41, 5.74) is -0.836. The average molecular weight is 172 g/mol. The zero-order chi connectivity index (χ0) is 9.24. The second-order valence-electron chi connectivity index (χ2n) is 4.35. The van der Waals surface area contributed by atoms with E-state index in [4.69, 9.17) is 0 Å². The lowest BCUT2D eigenvalue weighted by atomic mass is 9.61. The van der Waals surface area contributed by atoms with E-state index in [-0.39, 0.29) is 12.0 Å². The van der Waals surface area contributed by atoms with Crippen molar-refractivity contribution in [3.05, 3.63) is 0 Å². The van der Waals surface area contributed by atoms with Crippen molar-refractivity contribution in [1.29, 1.82) is 0 Å². The van der Waals surface area contributed by atoms with Gasteiger partial charge in [0.1, 0.15) is 0 Å². The van der Waals surface area contributed by atoms with Crippen molar-refractivity contribution in [2.45, 2.75) is 51.6 Å². The summed E-state index contributed by atoms with van der Waals surface area (Å²) in [6.07, 6.45) is 4.78. The van der Waals surface area contributed by atoms with Crippen LogP contribution in [0.4, 0.5) is 0 Å². The normalized spacial score (nSPS) is 26.0. The topological polar surface area (TPSA) is 40.5 Å². The highest BCUT2D eigenvalue weighted by Crippen LogP contribution is 2.48. The Morgan fingerprint density at radius 2 is 2.00 bits per heavy atom. The van der Waals surface area contributed by atoms with Gasteiger partial charge in [0.2, 0.25) is 0 Å². The van der Waals surface area contributed by atoms with Gasteiger partial charge < -0.3 is 10.2 Å². The monoisotopic (exact) mass is 172 g/mol. The molecule has 0 aromatic heterocycles. The Bertz CT molecular complexity index is 152. The second-order valence-corrected chi connectivity index (χ2v) is 4.35. The fourth-order valence-electron chi connectivity index (χ4n) is 2.13. The van der Waals surface area contributed by atoms with Crippen LogP contribution < -0.4 is 0 Å². The summed E-state index contributed by atoms with van der Waals surface area (Å²) >= 11 is 0. The highest BCUT2D eigenvalue weighted by Gasteiger charge is 2.49. The third kappa shape index (κ3) is 1.38. The van der Waals surface area contributed by atoms with Crippen LogP contribution in [0, 0.1) is 5.41 Å². The smallest absolute Gasteiger partial charge is 0.0723 e. The van der Waals surface area contributed by atoms with Crippen LogP contribution in [0.25, 0.3) is 0 Å². The first kappa shape index (κ1) is 10.0. The van der Waals surface area contributed by atoms with E-state index >= 15 is 0 Å². The minimum atomic E-state index is -0.572. The van der Waals surface area contributed by atoms with Gasteiger partial charge in [0.05, 0.1) is 12.2 Å². The minimum absolute atomic E-state index is 0.108. The van der Waals surface area contributed by atoms with Crippen molar-refractivity contribution in [2.75, 3.05) is 6.61 Å². The molecule has 0 bridgehead atoms. The molecule has 2 nitrogen and oxygen atoms in total. The quantitative estimate of drug-likeness (QED) is 0.677. The third-order valence-corrected chi connectivity index (χ3v) is 3.45. The summed E-state index contributed by atoms with van der Waals surface area (Å²) in [5.74, 6) is 0. The zero-order valence-electron chi connectivity index (χ0n) is 8.14. The molecular weight excluding hydrogens is 152 g/mol. The van der Waals surface area contributed by atoms with Crippen molar-refractivity contribution < 1.29 is 10.2 Å². The molecule has 1 rings (SSSR count). The third-order valence-electron chi connectivity index (χ3n) is 3.45. The van der Waals surface area contributed by atoms with Crippen molar-refractivity contribution in [3.8, 4) is 0 Å². The molecule has 1 fully saturated rings. The molecule has 0 amide bonds. The predicted molar refractivity (Wildman–Crippen MR) is 48.9 cm³/mol. The highest BCUT2D eigenvalue weighted by molar-refractivity contribution is 5.01. The van der Waals surface area contributed by atoms with Gasteiger partial charge in [-0.3, -0.25) is 0 Å². The summed E-state index contributed by atoms with van der Waals surface area (Å²) in [6, 6.07) is 0. The largest absolute Gasteiger partial charge is 0.396 e. The number of rotatable bonds is 4. The summed E-state index contributed by atoms with van der Waals surface area (Å²) in [6.45, 7) is 4.20. The summed E-state index contributed by atoms with van der Waals surface area (Å²) < 4.78 is 0. The molecule has 1 atom stereocenters. The van der Waals surface area contributed by atoms with Crippen LogP contribution in [0.15, 0.2) is 0 Å². The van der Waals surface area contributed by atoms with Gasteiger partial charge in [-0.2, -0.15) is 0 Å². The minimum Gasteiger partial charge on any atom is -0.396 e. The molecule has 0 aliphatic heterocycles. The van der Waals surface area contributed by atoms with Gasteiger partial charge in [0.15, 0.2) is 0 Å². The van der Waals surface area contributed by atoms with Crippen LogP contribution in [0.2, 0.25) is 0 Å². The molecule has 12 heavy (non-hydrogen) atoms. The highest BCUT2D eigenvalue weighted by atomic mass is 16.3. The predicted octanol–water partition coefficient (Wildman–Crippen LogP) is 1.70. The van der Waals surface area contributed by atoms with Crippen molar-refractivity contribution >= 4 is 0 Å². The maximum atomic E-state index is 10.1. The van der Waals surface area contributed by atoms with E-state index in [1.807, 2.05) is 6.92 Å². The van der Waals surface area contributed by atoms with Gasteiger partial charge in [0.25, 0.3) is 0 Å². The molecule has 1 aliphatic carbocycles. The van der Waals surface area contributed by atoms with E-state index in [0.717, 1.165) is 32.1 Å². The lowest BCUT2D eigenvalue weighted by Crippen LogP contribution is -2.53. The van der Waals surface area contributed by atoms with Crippen LogP contribution in [0.1, 0.15) is 46.0 Å². The first-order chi connectivity index (χ1) is 5.58. The Balaban J connectivity index is 2.64. The Labute approximate surface area is 74.6 Å². The van der Waals surface area contributed by atoms with E-state index < -0.39 is 5.60 Å². The molecule has 0 radical (unpaired) electrons. The number of hydrogen-bond acceptors (Lipinski definition) is 2. The average Bonchev–Trinajstić information content (AvgIpc) is 2.00. The van der Waals surface area contributed by atoms with Gasteiger partial charge in [-0.05, 0) is 25.7 Å². The number of aliphatic hydroxyl groups excluding tert-OH is 1. The fraction of sp³-hybridized carbons (Fsp3) is 1.00. The van der Waals surface area contributed by atoms with Crippen LogP contribution in [-0.4, -0.2) is 22.4 Å². The van der Waals surface area contributed by atoms with Crippen molar-refractivity contribution in [1.82, 2.24) is 0 Å². The standard InChI is InChI=1S/C10H20O2/c1-3-5-9(2,8-11)10(12)6-4-7-10/h11-12H,3-8H2,1-2H3. The molecule has 0 aromatic rings. The molecular formula is C10H20O2.